The molecule has 0 amide bonds. The van der Waals surface area contributed by atoms with E-state index in [1.807, 2.05) is 18.3 Å². The predicted molar refractivity (Wildman–Crippen MR) is 95.3 cm³/mol. The Labute approximate surface area is 149 Å². The number of halogens is 1. The van der Waals surface area contributed by atoms with E-state index in [-0.39, 0.29) is 17.3 Å². The number of pyridine rings is 1. The van der Waals surface area contributed by atoms with Crippen LogP contribution in [0.15, 0.2) is 36.5 Å². The molecular formula is C18H18FN7. The Morgan fingerprint density at radius 1 is 1.23 bits per heavy atom. The van der Waals surface area contributed by atoms with Crippen molar-refractivity contribution < 1.29 is 4.39 Å². The fourth-order valence-electron chi connectivity index (χ4n) is 3.70. The van der Waals surface area contributed by atoms with Crippen molar-refractivity contribution in [2.45, 2.75) is 25.7 Å². The highest BCUT2D eigenvalue weighted by Crippen LogP contribution is 2.26. The third-order valence-corrected chi connectivity index (χ3v) is 4.98. The summed E-state index contributed by atoms with van der Waals surface area (Å²) in [6, 6.07) is 8.94. The maximum absolute atomic E-state index is 14.0. The lowest BCUT2D eigenvalue weighted by Gasteiger charge is -2.18. The van der Waals surface area contributed by atoms with Crippen molar-refractivity contribution in [3.8, 4) is 0 Å². The van der Waals surface area contributed by atoms with Gasteiger partial charge in [0, 0.05) is 37.6 Å². The van der Waals surface area contributed by atoms with Crippen LogP contribution in [0.2, 0.25) is 0 Å². The van der Waals surface area contributed by atoms with Crippen LogP contribution in [0.4, 0.5) is 10.2 Å². The number of benzene rings is 1. The van der Waals surface area contributed by atoms with Crippen LogP contribution in [-0.2, 0) is 13.1 Å². The number of hydrogen-bond donors (Lipinski definition) is 3. The van der Waals surface area contributed by atoms with Gasteiger partial charge in [-0.2, -0.15) is 0 Å². The van der Waals surface area contributed by atoms with Gasteiger partial charge >= 0.3 is 0 Å². The van der Waals surface area contributed by atoms with Crippen LogP contribution in [0, 0.1) is 11.2 Å². The minimum absolute atomic E-state index is 0.00891. The van der Waals surface area contributed by atoms with Crippen molar-refractivity contribution in [3.05, 3.63) is 59.2 Å². The Bertz CT molecular complexity index is 1040. The van der Waals surface area contributed by atoms with Crippen molar-refractivity contribution in [2.75, 3.05) is 17.3 Å². The molecule has 2 aliphatic rings. The topological polar surface area (TPSA) is 81.9 Å². The monoisotopic (exact) mass is 351 g/mol. The largest absolute Gasteiger partial charge is 0.348 e. The zero-order valence-electron chi connectivity index (χ0n) is 14.0. The van der Waals surface area contributed by atoms with Crippen LogP contribution >= 0.6 is 0 Å². The highest BCUT2D eigenvalue weighted by molar-refractivity contribution is 5.90. The second-order valence-electron chi connectivity index (χ2n) is 6.69. The van der Waals surface area contributed by atoms with E-state index < -0.39 is 5.82 Å². The van der Waals surface area contributed by atoms with Gasteiger partial charge in [-0.25, -0.2) is 14.1 Å². The lowest BCUT2D eigenvalue weighted by molar-refractivity contribution is 0.275. The number of anilines is 1. The van der Waals surface area contributed by atoms with Gasteiger partial charge < -0.3 is 5.32 Å². The van der Waals surface area contributed by atoms with Gasteiger partial charge in [0.15, 0.2) is 0 Å². The molecule has 3 N–H and O–H groups in total. The normalized spacial score (nSPS) is 18.4. The summed E-state index contributed by atoms with van der Waals surface area (Å²) in [6.07, 6.45) is 2.64. The quantitative estimate of drug-likeness (QED) is 0.670. The summed E-state index contributed by atoms with van der Waals surface area (Å²) in [4.78, 5) is 10.9. The molecule has 0 saturated heterocycles. The smallest absolute Gasteiger partial charge is 0.243 e. The number of hydrogen-bond acceptors (Lipinski definition) is 6. The lowest BCUT2D eigenvalue weighted by Crippen LogP contribution is -2.34. The molecule has 0 aliphatic carbocycles. The minimum atomic E-state index is -0.410. The highest BCUT2D eigenvalue weighted by atomic mass is 19.1. The fraction of sp³-hybridized carbons (Fsp3) is 0.278. The number of nitrogens with zero attached hydrogens (tertiary/aromatic N) is 4. The van der Waals surface area contributed by atoms with E-state index >= 15 is 0 Å². The SMILES string of the molecule is N=c1nc2c(F)cccc2c2n1NC(CCN1Cc3cccnc3C1)N2. The molecule has 0 bridgehead atoms. The second kappa shape index (κ2) is 5.77. The van der Waals surface area contributed by atoms with Gasteiger partial charge in [0.1, 0.15) is 23.3 Å². The van der Waals surface area contributed by atoms with E-state index in [2.05, 4.69) is 31.7 Å². The molecule has 1 aromatic carbocycles. The Hall–Kier alpha value is -3.00. The maximum Gasteiger partial charge on any atom is 0.243 e. The van der Waals surface area contributed by atoms with Gasteiger partial charge in [0.05, 0.1) is 5.69 Å². The number of aromatic nitrogens is 3. The van der Waals surface area contributed by atoms with E-state index in [0.717, 1.165) is 31.7 Å². The zero-order chi connectivity index (χ0) is 17.7. The van der Waals surface area contributed by atoms with Gasteiger partial charge in [0.2, 0.25) is 5.62 Å². The summed E-state index contributed by atoms with van der Waals surface area (Å²) in [6.45, 7) is 2.67. The molecule has 4 heterocycles. The molecule has 2 aromatic heterocycles. The predicted octanol–water partition coefficient (Wildman–Crippen LogP) is 1.75. The summed E-state index contributed by atoms with van der Waals surface area (Å²) < 4.78 is 15.6. The number of rotatable bonds is 3. The van der Waals surface area contributed by atoms with Gasteiger partial charge in [0.25, 0.3) is 0 Å². The van der Waals surface area contributed by atoms with Crippen LogP contribution in [-0.4, -0.2) is 32.3 Å². The maximum atomic E-state index is 14.0. The standard InChI is InChI=1S/C18H18FN7/c19-13-5-1-4-12-16(13)23-18(20)26-17(12)22-15(24-26)6-8-25-9-11-3-2-7-21-14(11)10-25/h1-5,7,15,20,22,24H,6,8-10H2. The Morgan fingerprint density at radius 2 is 2.15 bits per heavy atom. The number of nitrogens with one attached hydrogen (secondary N) is 3. The summed E-state index contributed by atoms with van der Waals surface area (Å²) in [5.74, 6) is 0.280. The highest BCUT2D eigenvalue weighted by Gasteiger charge is 2.25. The first-order valence-electron chi connectivity index (χ1n) is 8.63. The molecule has 132 valence electrons. The average molecular weight is 351 g/mol. The number of para-hydroxylation sites is 1. The molecule has 3 aromatic rings. The van der Waals surface area contributed by atoms with Crippen molar-refractivity contribution in [1.82, 2.24) is 19.5 Å². The molecular weight excluding hydrogens is 333 g/mol. The Balaban J connectivity index is 1.33. The third-order valence-electron chi connectivity index (χ3n) is 4.98. The van der Waals surface area contributed by atoms with E-state index in [4.69, 9.17) is 5.41 Å². The molecule has 2 aliphatic heterocycles. The number of fused-ring (bicyclic) bond motifs is 4. The molecule has 0 saturated carbocycles. The molecule has 0 spiro atoms. The molecule has 7 nitrogen and oxygen atoms in total. The van der Waals surface area contributed by atoms with Gasteiger partial charge in [-0.05, 0) is 23.8 Å². The average Bonchev–Trinajstić information content (AvgIpc) is 3.25. The van der Waals surface area contributed by atoms with Gasteiger partial charge in [-0.3, -0.25) is 20.7 Å². The molecule has 1 unspecified atom stereocenters. The van der Waals surface area contributed by atoms with Gasteiger partial charge in [-0.1, -0.05) is 12.1 Å². The summed E-state index contributed by atoms with van der Waals surface area (Å²) in [7, 11) is 0. The first-order valence-corrected chi connectivity index (χ1v) is 8.63. The zero-order valence-corrected chi connectivity index (χ0v) is 14.0. The minimum Gasteiger partial charge on any atom is -0.348 e. The molecule has 26 heavy (non-hydrogen) atoms. The van der Waals surface area contributed by atoms with E-state index in [0.29, 0.717) is 11.2 Å². The Morgan fingerprint density at radius 3 is 3.04 bits per heavy atom. The summed E-state index contributed by atoms with van der Waals surface area (Å²) in [5, 5.41) is 12.1. The van der Waals surface area contributed by atoms with E-state index in [9.17, 15) is 4.39 Å². The van der Waals surface area contributed by atoms with Gasteiger partial charge in [-0.15, -0.1) is 0 Å². The van der Waals surface area contributed by atoms with Crippen molar-refractivity contribution in [1.29, 1.82) is 5.41 Å². The fourth-order valence-corrected chi connectivity index (χ4v) is 3.70. The molecule has 0 fully saturated rings. The lowest BCUT2D eigenvalue weighted by atomic mass is 10.2. The molecule has 1 atom stereocenters. The molecule has 5 rings (SSSR count). The summed E-state index contributed by atoms with van der Waals surface area (Å²) in [5.41, 5.74) is 5.90. The van der Waals surface area contributed by atoms with E-state index in [1.54, 1.807) is 10.7 Å². The van der Waals surface area contributed by atoms with E-state index in [1.165, 1.54) is 11.6 Å². The van der Waals surface area contributed by atoms with Crippen molar-refractivity contribution in [3.63, 3.8) is 0 Å². The van der Waals surface area contributed by atoms with Crippen LogP contribution in [0.3, 0.4) is 0 Å². The van der Waals surface area contributed by atoms with Crippen molar-refractivity contribution >= 4 is 16.7 Å². The first-order chi connectivity index (χ1) is 12.7. The summed E-state index contributed by atoms with van der Waals surface area (Å²) >= 11 is 0. The molecule has 0 radical (unpaired) electrons. The van der Waals surface area contributed by atoms with Crippen LogP contribution in [0.5, 0.6) is 0 Å². The second-order valence-corrected chi connectivity index (χ2v) is 6.69. The van der Waals surface area contributed by atoms with Crippen LogP contribution < -0.4 is 16.4 Å². The third kappa shape index (κ3) is 2.41. The Kier molecular flexibility index (Phi) is 3.39. The van der Waals surface area contributed by atoms with Crippen LogP contribution in [0.25, 0.3) is 10.9 Å². The first kappa shape index (κ1) is 15.3. The van der Waals surface area contributed by atoms with Crippen molar-refractivity contribution in [2.24, 2.45) is 0 Å². The molecule has 8 heteroatoms. The van der Waals surface area contributed by atoms with Crippen LogP contribution in [0.1, 0.15) is 17.7 Å².